The first-order valence-electron chi connectivity index (χ1n) is 8.34. The van der Waals surface area contributed by atoms with Crippen LogP contribution in [0.5, 0.6) is 0 Å². The van der Waals surface area contributed by atoms with Crippen LogP contribution in [-0.2, 0) is 11.2 Å². The summed E-state index contributed by atoms with van der Waals surface area (Å²) in [4.78, 5) is 17.2. The zero-order valence-electron chi connectivity index (χ0n) is 13.9. The maximum atomic E-state index is 12.7. The Balaban J connectivity index is 1.87. The fraction of sp³-hybridized carbons (Fsp3) is 0.389. The summed E-state index contributed by atoms with van der Waals surface area (Å²) in [5, 5.41) is 8.68. The summed E-state index contributed by atoms with van der Waals surface area (Å²) in [5.74, 6) is 0.956. The van der Waals surface area contributed by atoms with Crippen molar-refractivity contribution in [2.24, 2.45) is 0 Å². The van der Waals surface area contributed by atoms with E-state index < -0.39 is 0 Å². The van der Waals surface area contributed by atoms with Gasteiger partial charge in [0, 0.05) is 17.7 Å². The van der Waals surface area contributed by atoms with E-state index in [1.54, 1.807) is 0 Å². The molecular formula is C18H20N4OS. The number of hydrogen-bond donors (Lipinski definition) is 1. The Bertz CT molecular complexity index is 822. The van der Waals surface area contributed by atoms with Crippen LogP contribution >= 0.6 is 11.8 Å². The van der Waals surface area contributed by atoms with E-state index in [1.165, 1.54) is 17.3 Å². The second-order valence-electron chi connectivity index (χ2n) is 6.16. The van der Waals surface area contributed by atoms with E-state index in [2.05, 4.69) is 46.6 Å². The largest absolute Gasteiger partial charge is 0.328 e. The van der Waals surface area contributed by atoms with Gasteiger partial charge in [-0.1, -0.05) is 43.0 Å². The second kappa shape index (κ2) is 6.09. The molecule has 24 heavy (non-hydrogen) atoms. The van der Waals surface area contributed by atoms with Crippen molar-refractivity contribution in [3.05, 3.63) is 46.7 Å². The molecule has 2 aromatic rings. The number of rotatable bonds is 3. The molecule has 6 heteroatoms. The summed E-state index contributed by atoms with van der Waals surface area (Å²) < 4.78 is 1.87. The van der Waals surface area contributed by atoms with Gasteiger partial charge < -0.3 is 5.32 Å². The lowest BCUT2D eigenvalue weighted by atomic mass is 9.85. The average molecular weight is 340 g/mol. The molecular weight excluding hydrogens is 320 g/mol. The molecule has 1 atom stereocenters. The standard InChI is InChI=1S/C18H20N4OS/c1-3-11-7-9-12(10-8-11)16-15-13(5-4-6-14(15)23)19-17-20-18(24-2)21-22(16)17/h7-10,16H,3-6H2,1-2H3,(H,19,20,21)/t16-/m1/s1. The molecule has 2 aliphatic rings. The molecule has 1 aliphatic heterocycles. The van der Waals surface area contributed by atoms with Gasteiger partial charge in [0.15, 0.2) is 5.78 Å². The van der Waals surface area contributed by atoms with Crippen LogP contribution in [-0.4, -0.2) is 26.8 Å². The third-order valence-corrected chi connectivity index (χ3v) is 5.27. The average Bonchev–Trinajstić information content (AvgIpc) is 3.03. The number of Topliss-reactive ketones (excluding diaryl/α,β-unsaturated/α-hetero) is 1. The molecule has 0 saturated carbocycles. The van der Waals surface area contributed by atoms with Gasteiger partial charge in [0.2, 0.25) is 11.1 Å². The van der Waals surface area contributed by atoms with Gasteiger partial charge in [-0.3, -0.25) is 4.79 Å². The topological polar surface area (TPSA) is 59.8 Å². The van der Waals surface area contributed by atoms with E-state index in [1.807, 2.05) is 10.9 Å². The van der Waals surface area contributed by atoms with Gasteiger partial charge in [-0.25, -0.2) is 4.68 Å². The Hall–Kier alpha value is -2.08. The summed E-state index contributed by atoms with van der Waals surface area (Å²) in [7, 11) is 0. The third-order valence-electron chi connectivity index (χ3n) is 4.73. The molecule has 0 bridgehead atoms. The first-order valence-corrected chi connectivity index (χ1v) is 9.56. The predicted octanol–water partition coefficient (Wildman–Crippen LogP) is 3.58. The fourth-order valence-corrected chi connectivity index (χ4v) is 3.81. The number of aryl methyl sites for hydroxylation is 1. The Morgan fingerprint density at radius 1 is 1.29 bits per heavy atom. The molecule has 1 aliphatic carbocycles. The van der Waals surface area contributed by atoms with Crippen LogP contribution in [0.2, 0.25) is 0 Å². The van der Waals surface area contributed by atoms with Crippen LogP contribution in [0.1, 0.15) is 43.4 Å². The maximum Gasteiger partial charge on any atom is 0.227 e. The molecule has 1 aromatic carbocycles. The zero-order chi connectivity index (χ0) is 16.7. The van der Waals surface area contributed by atoms with Crippen LogP contribution in [0.3, 0.4) is 0 Å². The minimum Gasteiger partial charge on any atom is -0.328 e. The molecule has 0 unspecified atom stereocenters. The third kappa shape index (κ3) is 2.45. The quantitative estimate of drug-likeness (QED) is 0.865. The lowest BCUT2D eigenvalue weighted by molar-refractivity contribution is -0.116. The number of allylic oxidation sites excluding steroid dienone is 2. The number of hydrogen-bond acceptors (Lipinski definition) is 5. The number of ketones is 1. The fourth-order valence-electron chi connectivity index (χ4n) is 3.47. The van der Waals surface area contributed by atoms with Gasteiger partial charge in [-0.05, 0) is 36.6 Å². The smallest absolute Gasteiger partial charge is 0.227 e. The molecule has 5 nitrogen and oxygen atoms in total. The number of nitrogens with one attached hydrogen (secondary N) is 1. The van der Waals surface area contributed by atoms with Gasteiger partial charge in [-0.2, -0.15) is 4.98 Å². The van der Waals surface area contributed by atoms with Gasteiger partial charge in [0.1, 0.15) is 6.04 Å². The number of anilines is 1. The molecule has 0 amide bonds. The Morgan fingerprint density at radius 2 is 2.08 bits per heavy atom. The van der Waals surface area contributed by atoms with E-state index in [9.17, 15) is 4.79 Å². The van der Waals surface area contributed by atoms with E-state index in [0.717, 1.165) is 47.2 Å². The molecule has 1 N–H and O–H groups in total. The van der Waals surface area contributed by atoms with Gasteiger partial charge in [0.05, 0.1) is 0 Å². The molecule has 0 spiro atoms. The summed E-state index contributed by atoms with van der Waals surface area (Å²) in [6.07, 6.45) is 5.38. The normalized spacial score (nSPS) is 19.8. The zero-order valence-corrected chi connectivity index (χ0v) is 14.7. The SMILES string of the molecule is CCc1ccc([C@@H]2C3=C(CCCC3=O)Nc3nc(SC)nn32)cc1. The van der Waals surface area contributed by atoms with E-state index in [4.69, 9.17) is 0 Å². The van der Waals surface area contributed by atoms with Crippen molar-refractivity contribution in [3.8, 4) is 0 Å². The summed E-state index contributed by atoms with van der Waals surface area (Å²) >= 11 is 1.51. The van der Waals surface area contributed by atoms with Gasteiger partial charge in [-0.15, -0.1) is 5.10 Å². The highest BCUT2D eigenvalue weighted by atomic mass is 32.2. The molecule has 1 aromatic heterocycles. The monoisotopic (exact) mass is 340 g/mol. The highest BCUT2D eigenvalue weighted by molar-refractivity contribution is 7.98. The van der Waals surface area contributed by atoms with Crippen LogP contribution < -0.4 is 5.32 Å². The number of carbonyl (C=O) groups is 1. The van der Waals surface area contributed by atoms with Crippen molar-refractivity contribution < 1.29 is 4.79 Å². The minimum absolute atomic E-state index is 0.177. The van der Waals surface area contributed by atoms with Crippen molar-refractivity contribution in [3.63, 3.8) is 0 Å². The number of nitrogens with zero attached hydrogens (tertiary/aromatic N) is 3. The lowest BCUT2D eigenvalue weighted by Gasteiger charge is -2.32. The summed E-state index contributed by atoms with van der Waals surface area (Å²) in [6.45, 7) is 2.14. The van der Waals surface area contributed by atoms with Crippen LogP contribution in [0.4, 0.5) is 5.95 Å². The minimum atomic E-state index is -0.177. The van der Waals surface area contributed by atoms with Gasteiger partial charge >= 0.3 is 0 Å². The van der Waals surface area contributed by atoms with E-state index in [-0.39, 0.29) is 11.8 Å². The van der Waals surface area contributed by atoms with Crippen molar-refractivity contribution in [2.75, 3.05) is 11.6 Å². The number of fused-ring (bicyclic) bond motifs is 1. The van der Waals surface area contributed by atoms with Crippen molar-refractivity contribution in [1.29, 1.82) is 0 Å². The maximum absolute atomic E-state index is 12.7. The highest BCUT2D eigenvalue weighted by Crippen LogP contribution is 2.40. The summed E-state index contributed by atoms with van der Waals surface area (Å²) in [6, 6.07) is 8.33. The van der Waals surface area contributed by atoms with Crippen LogP contribution in [0, 0.1) is 0 Å². The van der Waals surface area contributed by atoms with E-state index >= 15 is 0 Å². The molecule has 4 rings (SSSR count). The van der Waals surface area contributed by atoms with Crippen molar-refractivity contribution >= 4 is 23.5 Å². The predicted molar refractivity (Wildman–Crippen MR) is 95.3 cm³/mol. The van der Waals surface area contributed by atoms with Crippen LogP contribution in [0.25, 0.3) is 0 Å². The lowest BCUT2D eigenvalue weighted by Crippen LogP contribution is -2.31. The number of thioether (sulfide) groups is 1. The molecule has 0 radical (unpaired) electrons. The van der Waals surface area contributed by atoms with Crippen molar-refractivity contribution in [1.82, 2.24) is 14.8 Å². The molecule has 0 fully saturated rings. The highest BCUT2D eigenvalue weighted by Gasteiger charge is 2.36. The first-order chi connectivity index (χ1) is 11.7. The van der Waals surface area contributed by atoms with Crippen LogP contribution in [0.15, 0.2) is 40.7 Å². The van der Waals surface area contributed by atoms with Gasteiger partial charge in [0.25, 0.3) is 0 Å². The summed E-state index contributed by atoms with van der Waals surface area (Å²) in [5.41, 5.74) is 4.26. The molecule has 124 valence electrons. The first kappa shape index (κ1) is 15.4. The van der Waals surface area contributed by atoms with Crippen molar-refractivity contribution in [2.45, 2.75) is 43.8 Å². The Kier molecular flexibility index (Phi) is 3.92. The Labute approximate surface area is 145 Å². The molecule has 2 heterocycles. The Morgan fingerprint density at radius 3 is 2.79 bits per heavy atom. The van der Waals surface area contributed by atoms with E-state index in [0.29, 0.717) is 6.42 Å². The number of aromatic nitrogens is 3. The molecule has 0 saturated heterocycles. The number of benzene rings is 1. The second-order valence-corrected chi connectivity index (χ2v) is 6.93. The number of carbonyl (C=O) groups excluding carboxylic acids is 1.